The molecule has 0 aliphatic carbocycles. The van der Waals surface area contributed by atoms with Crippen LogP contribution < -0.4 is 4.72 Å². The fourth-order valence-corrected chi connectivity index (χ4v) is 3.11. The Balaban J connectivity index is 1.94. The van der Waals surface area contributed by atoms with Crippen molar-refractivity contribution in [3.8, 4) is 11.1 Å². The van der Waals surface area contributed by atoms with E-state index in [-0.39, 0.29) is 10.7 Å². The minimum atomic E-state index is -3.70. The zero-order chi connectivity index (χ0) is 15.6. The largest absolute Gasteiger partial charge is 0.360 e. The second-order valence-electron chi connectivity index (χ2n) is 4.82. The van der Waals surface area contributed by atoms with E-state index in [1.165, 1.54) is 6.07 Å². The third-order valence-corrected chi connectivity index (χ3v) is 4.47. The van der Waals surface area contributed by atoms with Gasteiger partial charge in [-0.25, -0.2) is 8.42 Å². The van der Waals surface area contributed by atoms with Crippen molar-refractivity contribution in [2.45, 2.75) is 11.8 Å². The van der Waals surface area contributed by atoms with E-state index in [2.05, 4.69) is 9.88 Å². The van der Waals surface area contributed by atoms with Gasteiger partial charge in [0.25, 0.3) is 10.0 Å². The second-order valence-corrected chi connectivity index (χ2v) is 6.50. The lowest BCUT2D eigenvalue weighted by molar-refractivity contribution is 0.400. The van der Waals surface area contributed by atoms with Gasteiger partial charge in [-0.2, -0.15) is 0 Å². The van der Waals surface area contributed by atoms with Gasteiger partial charge in [-0.15, -0.1) is 0 Å². The van der Waals surface area contributed by atoms with Gasteiger partial charge in [0.2, 0.25) is 0 Å². The Morgan fingerprint density at radius 3 is 2.36 bits per heavy atom. The topological polar surface area (TPSA) is 72.2 Å². The maximum absolute atomic E-state index is 12.4. The Labute approximate surface area is 128 Å². The summed E-state index contributed by atoms with van der Waals surface area (Å²) in [4.78, 5) is 0.175. The lowest BCUT2D eigenvalue weighted by Gasteiger charge is -2.07. The summed E-state index contributed by atoms with van der Waals surface area (Å²) in [6.45, 7) is 1.70. The highest BCUT2D eigenvalue weighted by molar-refractivity contribution is 7.92. The van der Waals surface area contributed by atoms with Crippen molar-refractivity contribution in [3.63, 3.8) is 0 Å². The van der Waals surface area contributed by atoms with E-state index >= 15 is 0 Å². The van der Waals surface area contributed by atoms with Crippen LogP contribution in [0.3, 0.4) is 0 Å². The number of hydrogen-bond acceptors (Lipinski definition) is 4. The van der Waals surface area contributed by atoms with Crippen LogP contribution >= 0.6 is 0 Å². The van der Waals surface area contributed by atoms with Crippen LogP contribution in [0.2, 0.25) is 0 Å². The number of nitrogens with zero attached hydrogens (tertiary/aromatic N) is 1. The zero-order valence-electron chi connectivity index (χ0n) is 11.9. The molecule has 6 heteroatoms. The number of benzene rings is 2. The SMILES string of the molecule is Cc1cc(NS(=O)(=O)c2cccc(-c3ccccc3)c2)no1. The van der Waals surface area contributed by atoms with E-state index < -0.39 is 10.0 Å². The number of sulfonamides is 1. The van der Waals surface area contributed by atoms with Crippen molar-refractivity contribution >= 4 is 15.8 Å². The molecule has 1 aromatic heterocycles. The van der Waals surface area contributed by atoms with Gasteiger partial charge < -0.3 is 4.52 Å². The molecule has 0 aliphatic rings. The highest BCUT2D eigenvalue weighted by atomic mass is 32.2. The monoisotopic (exact) mass is 314 g/mol. The van der Waals surface area contributed by atoms with Crippen LogP contribution in [0.15, 0.2) is 70.1 Å². The minimum absolute atomic E-state index is 0.169. The summed E-state index contributed by atoms with van der Waals surface area (Å²) in [5.41, 5.74) is 1.79. The van der Waals surface area contributed by atoms with E-state index in [9.17, 15) is 8.42 Å². The fourth-order valence-electron chi connectivity index (χ4n) is 2.08. The first-order chi connectivity index (χ1) is 10.5. The van der Waals surface area contributed by atoms with E-state index in [1.54, 1.807) is 25.1 Å². The van der Waals surface area contributed by atoms with Gasteiger partial charge in [-0.1, -0.05) is 47.6 Å². The van der Waals surface area contributed by atoms with Gasteiger partial charge >= 0.3 is 0 Å². The first-order valence-corrected chi connectivity index (χ1v) is 8.14. The lowest BCUT2D eigenvalue weighted by Crippen LogP contribution is -2.13. The molecule has 0 amide bonds. The molecule has 5 nitrogen and oxygen atoms in total. The van der Waals surface area contributed by atoms with Crippen molar-refractivity contribution in [3.05, 3.63) is 66.4 Å². The molecule has 22 heavy (non-hydrogen) atoms. The molecular weight excluding hydrogens is 300 g/mol. The number of nitrogens with one attached hydrogen (secondary N) is 1. The predicted molar refractivity (Wildman–Crippen MR) is 83.9 cm³/mol. The molecule has 0 radical (unpaired) electrons. The van der Waals surface area contributed by atoms with Gasteiger partial charge in [0.15, 0.2) is 5.82 Å². The standard InChI is InChI=1S/C16H14N2O3S/c1-12-10-16(17-21-12)18-22(19,20)15-9-5-8-14(11-15)13-6-3-2-4-7-13/h2-11H,1H3,(H,17,18). The zero-order valence-corrected chi connectivity index (χ0v) is 12.7. The quantitative estimate of drug-likeness (QED) is 0.800. The molecule has 2 aromatic carbocycles. The number of anilines is 1. The molecule has 0 spiro atoms. The Morgan fingerprint density at radius 1 is 0.955 bits per heavy atom. The third-order valence-electron chi connectivity index (χ3n) is 3.12. The lowest BCUT2D eigenvalue weighted by atomic mass is 10.1. The third kappa shape index (κ3) is 3.01. The van der Waals surface area contributed by atoms with Crippen LogP contribution in [0, 0.1) is 6.92 Å². The first-order valence-electron chi connectivity index (χ1n) is 6.66. The molecule has 0 fully saturated rings. The summed E-state index contributed by atoms with van der Waals surface area (Å²) in [5.74, 6) is 0.707. The summed E-state index contributed by atoms with van der Waals surface area (Å²) in [6, 6.07) is 17.9. The Bertz CT molecular complexity index is 887. The van der Waals surface area contributed by atoms with E-state index in [4.69, 9.17) is 4.52 Å². The molecule has 0 unspecified atom stereocenters. The highest BCUT2D eigenvalue weighted by Gasteiger charge is 2.16. The maximum atomic E-state index is 12.4. The summed E-state index contributed by atoms with van der Waals surface area (Å²) >= 11 is 0. The van der Waals surface area contributed by atoms with Crippen molar-refractivity contribution < 1.29 is 12.9 Å². The molecular formula is C16H14N2O3S. The van der Waals surface area contributed by atoms with Crippen LogP contribution in [-0.2, 0) is 10.0 Å². The van der Waals surface area contributed by atoms with Crippen LogP contribution in [0.1, 0.15) is 5.76 Å². The summed E-state index contributed by atoms with van der Waals surface area (Å²) in [6.07, 6.45) is 0. The Hall–Kier alpha value is -2.60. The Kier molecular flexibility index (Phi) is 3.68. The number of aromatic nitrogens is 1. The first kappa shape index (κ1) is 14.3. The number of rotatable bonds is 4. The van der Waals surface area contributed by atoms with Gasteiger partial charge in [0.05, 0.1) is 4.90 Å². The average Bonchev–Trinajstić information content (AvgIpc) is 2.93. The van der Waals surface area contributed by atoms with Crippen molar-refractivity contribution in [1.29, 1.82) is 0 Å². The van der Waals surface area contributed by atoms with Crippen molar-refractivity contribution in [2.75, 3.05) is 4.72 Å². The molecule has 0 aliphatic heterocycles. The van der Waals surface area contributed by atoms with Crippen LogP contribution in [0.5, 0.6) is 0 Å². The normalized spacial score (nSPS) is 11.3. The fraction of sp³-hybridized carbons (Fsp3) is 0.0625. The molecule has 0 saturated carbocycles. The summed E-state index contributed by atoms with van der Waals surface area (Å²) in [7, 11) is -3.70. The highest BCUT2D eigenvalue weighted by Crippen LogP contribution is 2.23. The molecule has 1 heterocycles. The van der Waals surface area contributed by atoms with Crippen LogP contribution in [0.4, 0.5) is 5.82 Å². The van der Waals surface area contributed by atoms with Crippen molar-refractivity contribution in [2.24, 2.45) is 0 Å². The molecule has 0 bridgehead atoms. The molecule has 112 valence electrons. The molecule has 3 aromatic rings. The predicted octanol–water partition coefficient (Wildman–Crippen LogP) is 3.45. The molecule has 1 N–H and O–H groups in total. The smallest absolute Gasteiger partial charge is 0.263 e. The van der Waals surface area contributed by atoms with E-state index in [1.807, 2.05) is 36.4 Å². The van der Waals surface area contributed by atoms with E-state index in [0.717, 1.165) is 11.1 Å². The van der Waals surface area contributed by atoms with E-state index in [0.29, 0.717) is 5.76 Å². The van der Waals surface area contributed by atoms with Crippen LogP contribution in [-0.4, -0.2) is 13.6 Å². The molecule has 0 atom stereocenters. The average molecular weight is 314 g/mol. The van der Waals surface area contributed by atoms with Gasteiger partial charge in [0, 0.05) is 6.07 Å². The minimum Gasteiger partial charge on any atom is -0.360 e. The number of aryl methyl sites for hydroxylation is 1. The maximum Gasteiger partial charge on any atom is 0.263 e. The van der Waals surface area contributed by atoms with Gasteiger partial charge in [0.1, 0.15) is 5.76 Å². The molecule has 3 rings (SSSR count). The van der Waals surface area contributed by atoms with Crippen molar-refractivity contribution in [1.82, 2.24) is 5.16 Å². The van der Waals surface area contributed by atoms with Crippen LogP contribution in [0.25, 0.3) is 11.1 Å². The Morgan fingerprint density at radius 2 is 1.68 bits per heavy atom. The summed E-state index contributed by atoms with van der Waals surface area (Å²) in [5, 5.41) is 3.64. The van der Waals surface area contributed by atoms with Gasteiger partial charge in [-0.05, 0) is 30.2 Å². The molecule has 0 saturated heterocycles. The summed E-state index contributed by atoms with van der Waals surface area (Å²) < 4.78 is 32.1. The van der Waals surface area contributed by atoms with Gasteiger partial charge in [-0.3, -0.25) is 4.72 Å². The number of hydrogen-bond donors (Lipinski definition) is 1. The second kappa shape index (κ2) is 5.65.